The van der Waals surface area contributed by atoms with Crippen LogP contribution in [0, 0.1) is 0 Å². The van der Waals surface area contributed by atoms with Gasteiger partial charge in [0.25, 0.3) is 0 Å². The molecule has 114 valence electrons. The molecule has 1 aliphatic heterocycles. The summed E-state index contributed by atoms with van der Waals surface area (Å²) in [6.07, 6.45) is 1.97. The Morgan fingerprint density at radius 2 is 1.90 bits per heavy atom. The van der Waals surface area contributed by atoms with Crippen LogP contribution in [0.2, 0.25) is 0 Å². The number of nitrogens with one attached hydrogen (secondary N) is 1. The van der Waals surface area contributed by atoms with E-state index in [1.54, 1.807) is 6.07 Å². The minimum absolute atomic E-state index is 0.0127. The van der Waals surface area contributed by atoms with Crippen LogP contribution in [-0.2, 0) is 16.0 Å². The molecule has 2 rings (SSSR count). The van der Waals surface area contributed by atoms with Gasteiger partial charge in [0.1, 0.15) is 0 Å². The van der Waals surface area contributed by atoms with E-state index in [1.165, 1.54) is 0 Å². The van der Waals surface area contributed by atoms with Crippen LogP contribution in [0.15, 0.2) is 24.3 Å². The fraction of sp³-hybridized carbons (Fsp3) is 0.467. The van der Waals surface area contributed by atoms with E-state index in [0.717, 1.165) is 31.5 Å². The summed E-state index contributed by atoms with van der Waals surface area (Å²) in [5.41, 5.74) is 12.5. The Morgan fingerprint density at radius 1 is 1.24 bits per heavy atom. The van der Waals surface area contributed by atoms with Crippen molar-refractivity contribution in [3.8, 4) is 0 Å². The minimum atomic E-state index is -0.308. The molecule has 5 N–H and O–H groups in total. The molecule has 1 aromatic rings. The molecule has 0 atom stereocenters. The van der Waals surface area contributed by atoms with Crippen LogP contribution in [0.4, 0.5) is 5.69 Å². The maximum atomic E-state index is 12.0. The van der Waals surface area contributed by atoms with Crippen LogP contribution in [0.3, 0.4) is 0 Å². The molecule has 6 heteroatoms. The lowest BCUT2D eigenvalue weighted by atomic mass is 10.0. The maximum Gasteiger partial charge on any atom is 0.231 e. The number of carbonyl (C=O) groups is 2. The first kappa shape index (κ1) is 15.3. The summed E-state index contributed by atoms with van der Waals surface area (Å²) in [5, 5.41) is 3.03. The molecule has 0 unspecified atom stereocenters. The maximum absolute atomic E-state index is 12.0. The largest absolute Gasteiger partial charge is 0.398 e. The molecule has 1 aliphatic rings. The van der Waals surface area contributed by atoms with Crippen LogP contribution in [-0.4, -0.2) is 42.4 Å². The molecule has 0 spiro atoms. The lowest BCUT2D eigenvalue weighted by molar-refractivity contribution is -0.122. The van der Waals surface area contributed by atoms with E-state index < -0.39 is 0 Å². The van der Waals surface area contributed by atoms with Crippen LogP contribution in [0.25, 0.3) is 0 Å². The van der Waals surface area contributed by atoms with E-state index >= 15 is 0 Å². The summed E-state index contributed by atoms with van der Waals surface area (Å²) in [4.78, 5) is 24.9. The van der Waals surface area contributed by atoms with Gasteiger partial charge in [0.2, 0.25) is 11.8 Å². The Labute approximate surface area is 124 Å². The molecule has 1 aromatic carbocycles. The van der Waals surface area contributed by atoms with Gasteiger partial charge in [0, 0.05) is 24.8 Å². The molecule has 0 saturated carbocycles. The highest BCUT2D eigenvalue weighted by molar-refractivity contribution is 5.80. The third-order valence-corrected chi connectivity index (χ3v) is 3.74. The molecule has 0 bridgehead atoms. The summed E-state index contributed by atoms with van der Waals surface area (Å²) in [6.45, 7) is 1.85. The Morgan fingerprint density at radius 3 is 2.52 bits per heavy atom. The van der Waals surface area contributed by atoms with Gasteiger partial charge in [-0.2, -0.15) is 0 Å². The molecule has 21 heavy (non-hydrogen) atoms. The fourth-order valence-corrected chi connectivity index (χ4v) is 2.60. The van der Waals surface area contributed by atoms with Crippen LogP contribution >= 0.6 is 0 Å². The predicted octanol–water partition coefficient (Wildman–Crippen LogP) is -0.123. The Kier molecular flexibility index (Phi) is 5.16. The Balaban J connectivity index is 1.77. The summed E-state index contributed by atoms with van der Waals surface area (Å²) in [7, 11) is 0. The Bertz CT molecular complexity index is 510. The third kappa shape index (κ3) is 4.75. The number of nitrogen functional groups attached to an aromatic ring is 1. The topological polar surface area (TPSA) is 101 Å². The molecule has 0 aliphatic carbocycles. The van der Waals surface area contributed by atoms with Gasteiger partial charge in [-0.25, -0.2) is 0 Å². The standard InChI is InChI=1S/C15H22N4O2/c16-13-4-2-1-3-11(13)9-15(21)18-12-5-7-19(8-6-12)10-14(17)20/h1-4,12H,5-10,16H2,(H2,17,20)(H,18,21). The van der Waals surface area contributed by atoms with Crippen LogP contribution in [0.5, 0.6) is 0 Å². The molecule has 1 saturated heterocycles. The average molecular weight is 290 g/mol. The number of hydrogen-bond acceptors (Lipinski definition) is 4. The molecule has 0 radical (unpaired) electrons. The van der Waals surface area contributed by atoms with Gasteiger partial charge in [0.15, 0.2) is 0 Å². The third-order valence-electron chi connectivity index (χ3n) is 3.74. The highest BCUT2D eigenvalue weighted by Crippen LogP contribution is 2.13. The van der Waals surface area contributed by atoms with Crippen molar-refractivity contribution in [2.45, 2.75) is 25.3 Å². The molecule has 1 fully saturated rings. The normalized spacial score (nSPS) is 16.6. The number of nitrogens with two attached hydrogens (primary N) is 2. The zero-order chi connectivity index (χ0) is 15.2. The zero-order valence-electron chi connectivity index (χ0n) is 12.0. The number of piperidine rings is 1. The van der Waals surface area contributed by atoms with E-state index in [1.807, 2.05) is 23.1 Å². The SMILES string of the molecule is NC(=O)CN1CCC(NC(=O)Cc2ccccc2N)CC1. The van der Waals surface area contributed by atoms with Crippen molar-refractivity contribution in [3.63, 3.8) is 0 Å². The number of hydrogen-bond donors (Lipinski definition) is 3. The van der Waals surface area contributed by atoms with Gasteiger partial charge in [-0.3, -0.25) is 14.5 Å². The molecular formula is C15H22N4O2. The number of nitrogens with zero attached hydrogens (tertiary/aromatic N) is 1. The van der Waals surface area contributed by atoms with Crippen molar-refractivity contribution in [2.24, 2.45) is 5.73 Å². The van der Waals surface area contributed by atoms with E-state index in [-0.39, 0.29) is 17.9 Å². The number of rotatable bonds is 5. The van der Waals surface area contributed by atoms with Crippen molar-refractivity contribution < 1.29 is 9.59 Å². The number of benzene rings is 1. The number of primary amides is 1. The van der Waals surface area contributed by atoms with E-state index in [0.29, 0.717) is 18.7 Å². The monoisotopic (exact) mass is 290 g/mol. The van der Waals surface area contributed by atoms with Gasteiger partial charge < -0.3 is 16.8 Å². The Hall–Kier alpha value is -2.08. The van der Waals surface area contributed by atoms with Crippen LogP contribution in [0.1, 0.15) is 18.4 Å². The lowest BCUT2D eigenvalue weighted by Gasteiger charge is -2.31. The minimum Gasteiger partial charge on any atom is -0.398 e. The average Bonchev–Trinajstić information content (AvgIpc) is 2.43. The van der Waals surface area contributed by atoms with Crippen molar-refractivity contribution >= 4 is 17.5 Å². The van der Waals surface area contributed by atoms with Gasteiger partial charge in [-0.05, 0) is 24.5 Å². The van der Waals surface area contributed by atoms with Crippen molar-refractivity contribution in [1.82, 2.24) is 10.2 Å². The van der Waals surface area contributed by atoms with E-state index in [2.05, 4.69) is 5.32 Å². The summed E-state index contributed by atoms with van der Waals surface area (Å²) in [6, 6.07) is 7.55. The first-order valence-electron chi connectivity index (χ1n) is 7.18. The summed E-state index contributed by atoms with van der Waals surface area (Å²) in [5.74, 6) is -0.321. The predicted molar refractivity (Wildman–Crippen MR) is 81.4 cm³/mol. The molecule has 2 amide bonds. The number of amides is 2. The number of para-hydroxylation sites is 1. The van der Waals surface area contributed by atoms with Gasteiger partial charge in [-0.1, -0.05) is 18.2 Å². The van der Waals surface area contributed by atoms with Crippen molar-refractivity contribution in [3.05, 3.63) is 29.8 Å². The molecular weight excluding hydrogens is 268 g/mol. The lowest BCUT2D eigenvalue weighted by Crippen LogP contribution is -2.47. The molecule has 6 nitrogen and oxygen atoms in total. The zero-order valence-corrected chi connectivity index (χ0v) is 12.0. The smallest absolute Gasteiger partial charge is 0.231 e. The molecule has 1 heterocycles. The van der Waals surface area contributed by atoms with E-state index in [9.17, 15) is 9.59 Å². The number of carbonyl (C=O) groups excluding carboxylic acids is 2. The first-order valence-corrected chi connectivity index (χ1v) is 7.18. The summed E-state index contributed by atoms with van der Waals surface area (Å²) < 4.78 is 0. The van der Waals surface area contributed by atoms with E-state index in [4.69, 9.17) is 11.5 Å². The van der Waals surface area contributed by atoms with Gasteiger partial charge in [-0.15, -0.1) is 0 Å². The first-order chi connectivity index (χ1) is 10.0. The second kappa shape index (κ2) is 7.08. The van der Waals surface area contributed by atoms with Gasteiger partial charge >= 0.3 is 0 Å². The highest BCUT2D eigenvalue weighted by atomic mass is 16.2. The number of likely N-dealkylation sites (tertiary alicyclic amines) is 1. The van der Waals surface area contributed by atoms with Crippen molar-refractivity contribution in [1.29, 1.82) is 0 Å². The number of anilines is 1. The van der Waals surface area contributed by atoms with Crippen LogP contribution < -0.4 is 16.8 Å². The molecule has 0 aromatic heterocycles. The second-order valence-corrected chi connectivity index (χ2v) is 5.46. The quantitative estimate of drug-likeness (QED) is 0.658. The summed E-state index contributed by atoms with van der Waals surface area (Å²) >= 11 is 0. The second-order valence-electron chi connectivity index (χ2n) is 5.46. The highest BCUT2D eigenvalue weighted by Gasteiger charge is 2.21. The fourth-order valence-electron chi connectivity index (χ4n) is 2.60. The van der Waals surface area contributed by atoms with Crippen molar-refractivity contribution in [2.75, 3.05) is 25.4 Å². The van der Waals surface area contributed by atoms with Gasteiger partial charge in [0.05, 0.1) is 13.0 Å².